The highest BCUT2D eigenvalue weighted by Gasteiger charge is 2.19. The zero-order valence-electron chi connectivity index (χ0n) is 9.05. The molecule has 0 saturated carbocycles. The van der Waals surface area contributed by atoms with E-state index in [-0.39, 0.29) is 0 Å². The van der Waals surface area contributed by atoms with Gasteiger partial charge in [-0.15, -0.1) is 0 Å². The van der Waals surface area contributed by atoms with Crippen LogP contribution >= 0.6 is 0 Å². The van der Waals surface area contributed by atoms with Gasteiger partial charge < -0.3 is 5.32 Å². The largest absolute Gasteiger partial charge is 0.388 e. The second kappa shape index (κ2) is 3.73. The quantitative estimate of drug-likeness (QED) is 0.677. The van der Waals surface area contributed by atoms with Crippen LogP contribution in [0.15, 0.2) is 30.0 Å². The summed E-state index contributed by atoms with van der Waals surface area (Å²) in [6.07, 6.45) is 6.41. The van der Waals surface area contributed by atoms with E-state index in [1.54, 1.807) is 5.57 Å². The first-order chi connectivity index (χ1) is 7.45. The standard InChI is InChI=1S/C14H17N/c1-2-6-12-11(5-1)8-9-13(12)14-7-3-4-10-15-14/h1-2,5-6,15H,3-4,7-10H2/b14-13+. The summed E-state index contributed by atoms with van der Waals surface area (Å²) in [7, 11) is 0. The van der Waals surface area contributed by atoms with Gasteiger partial charge in [0.05, 0.1) is 0 Å². The maximum absolute atomic E-state index is 3.58. The molecule has 1 nitrogen and oxygen atoms in total. The van der Waals surface area contributed by atoms with E-state index in [4.69, 9.17) is 0 Å². The first-order valence-corrected chi connectivity index (χ1v) is 5.99. The van der Waals surface area contributed by atoms with E-state index in [0.717, 1.165) is 0 Å². The maximum atomic E-state index is 3.58. The fourth-order valence-corrected chi connectivity index (χ4v) is 2.75. The first kappa shape index (κ1) is 9.02. The molecule has 2 aliphatic rings. The van der Waals surface area contributed by atoms with Crippen molar-refractivity contribution in [2.45, 2.75) is 32.1 Å². The van der Waals surface area contributed by atoms with Crippen LogP contribution < -0.4 is 5.32 Å². The molecule has 0 spiro atoms. The minimum atomic E-state index is 1.17. The normalized spacial score (nSPS) is 24.8. The summed E-state index contributed by atoms with van der Waals surface area (Å²) >= 11 is 0. The minimum Gasteiger partial charge on any atom is -0.388 e. The lowest BCUT2D eigenvalue weighted by Crippen LogP contribution is -2.20. The summed E-state index contributed by atoms with van der Waals surface area (Å²) < 4.78 is 0. The summed E-state index contributed by atoms with van der Waals surface area (Å²) in [6, 6.07) is 8.86. The van der Waals surface area contributed by atoms with Crippen LogP contribution in [-0.4, -0.2) is 6.54 Å². The average molecular weight is 199 g/mol. The van der Waals surface area contributed by atoms with E-state index >= 15 is 0 Å². The van der Waals surface area contributed by atoms with Crippen LogP contribution in [0.4, 0.5) is 0 Å². The molecule has 1 fully saturated rings. The Hall–Kier alpha value is -1.24. The van der Waals surface area contributed by atoms with Crippen molar-refractivity contribution in [1.82, 2.24) is 5.32 Å². The summed E-state index contributed by atoms with van der Waals surface area (Å²) in [5.74, 6) is 0. The maximum Gasteiger partial charge on any atom is 0.0145 e. The third kappa shape index (κ3) is 1.56. The summed E-state index contributed by atoms with van der Waals surface area (Å²) in [5.41, 5.74) is 6.14. The van der Waals surface area contributed by atoms with Crippen LogP contribution in [0.1, 0.15) is 36.8 Å². The Bertz CT molecular complexity index is 396. The van der Waals surface area contributed by atoms with Gasteiger partial charge in [-0.25, -0.2) is 0 Å². The molecule has 1 aromatic carbocycles. The van der Waals surface area contributed by atoms with E-state index < -0.39 is 0 Å². The van der Waals surface area contributed by atoms with Crippen molar-refractivity contribution < 1.29 is 0 Å². The van der Waals surface area contributed by atoms with Crippen LogP contribution in [0.2, 0.25) is 0 Å². The number of piperidine rings is 1. The molecule has 0 aromatic heterocycles. The highest BCUT2D eigenvalue weighted by atomic mass is 14.9. The van der Waals surface area contributed by atoms with E-state index in [2.05, 4.69) is 29.6 Å². The molecule has 3 rings (SSSR count). The second-order valence-corrected chi connectivity index (χ2v) is 4.50. The molecule has 78 valence electrons. The predicted molar refractivity (Wildman–Crippen MR) is 63.5 cm³/mol. The molecule has 1 heterocycles. The number of hydrogen-bond donors (Lipinski definition) is 1. The van der Waals surface area contributed by atoms with E-state index in [0.29, 0.717) is 0 Å². The van der Waals surface area contributed by atoms with Gasteiger partial charge in [0, 0.05) is 12.2 Å². The summed E-state index contributed by atoms with van der Waals surface area (Å²) in [4.78, 5) is 0. The van der Waals surface area contributed by atoms with Gasteiger partial charge in [-0.05, 0) is 48.8 Å². The van der Waals surface area contributed by atoms with E-state index in [1.165, 1.54) is 55.5 Å². The molecular formula is C14H17N. The number of nitrogens with one attached hydrogen (secondary N) is 1. The molecule has 1 aromatic rings. The first-order valence-electron chi connectivity index (χ1n) is 5.99. The van der Waals surface area contributed by atoms with Gasteiger partial charge in [0.2, 0.25) is 0 Å². The van der Waals surface area contributed by atoms with Crippen molar-refractivity contribution in [3.8, 4) is 0 Å². The zero-order valence-corrected chi connectivity index (χ0v) is 9.05. The molecule has 0 unspecified atom stereocenters. The Morgan fingerprint density at radius 1 is 0.933 bits per heavy atom. The number of rotatable bonds is 0. The molecule has 1 N–H and O–H groups in total. The van der Waals surface area contributed by atoms with Crippen LogP contribution in [0.25, 0.3) is 5.57 Å². The van der Waals surface area contributed by atoms with Gasteiger partial charge >= 0.3 is 0 Å². The Morgan fingerprint density at radius 3 is 2.73 bits per heavy atom. The molecule has 1 aliphatic carbocycles. The van der Waals surface area contributed by atoms with Crippen molar-refractivity contribution in [3.05, 3.63) is 41.1 Å². The molecular weight excluding hydrogens is 182 g/mol. The Morgan fingerprint density at radius 2 is 1.87 bits per heavy atom. The smallest absolute Gasteiger partial charge is 0.0145 e. The zero-order chi connectivity index (χ0) is 10.1. The third-order valence-electron chi connectivity index (χ3n) is 3.54. The van der Waals surface area contributed by atoms with Crippen molar-refractivity contribution in [2.24, 2.45) is 0 Å². The van der Waals surface area contributed by atoms with Gasteiger partial charge in [-0.3, -0.25) is 0 Å². The molecule has 15 heavy (non-hydrogen) atoms. The van der Waals surface area contributed by atoms with Crippen molar-refractivity contribution in [3.63, 3.8) is 0 Å². The molecule has 1 aliphatic heterocycles. The lowest BCUT2D eigenvalue weighted by molar-refractivity contribution is 0.588. The second-order valence-electron chi connectivity index (χ2n) is 4.50. The lowest BCUT2D eigenvalue weighted by atomic mass is 10.00. The summed E-state index contributed by atoms with van der Waals surface area (Å²) in [6.45, 7) is 1.17. The number of fused-ring (bicyclic) bond motifs is 1. The van der Waals surface area contributed by atoms with Crippen LogP contribution in [0.5, 0.6) is 0 Å². The Labute approximate surface area is 91.2 Å². The Kier molecular flexibility index (Phi) is 2.24. The lowest BCUT2D eigenvalue weighted by Gasteiger charge is -2.19. The Balaban J connectivity index is 2.01. The number of aryl methyl sites for hydroxylation is 1. The van der Waals surface area contributed by atoms with Gasteiger partial charge in [0.1, 0.15) is 0 Å². The van der Waals surface area contributed by atoms with Crippen LogP contribution in [0.3, 0.4) is 0 Å². The topological polar surface area (TPSA) is 12.0 Å². The van der Waals surface area contributed by atoms with Gasteiger partial charge in [-0.2, -0.15) is 0 Å². The van der Waals surface area contributed by atoms with Gasteiger partial charge in [-0.1, -0.05) is 24.3 Å². The van der Waals surface area contributed by atoms with E-state index in [1.807, 2.05) is 0 Å². The third-order valence-corrected chi connectivity index (χ3v) is 3.54. The molecule has 0 radical (unpaired) electrons. The summed E-state index contributed by atoms with van der Waals surface area (Å²) in [5, 5.41) is 3.58. The molecule has 0 bridgehead atoms. The highest BCUT2D eigenvalue weighted by Crippen LogP contribution is 2.35. The molecule has 1 heteroatoms. The van der Waals surface area contributed by atoms with Crippen molar-refractivity contribution in [1.29, 1.82) is 0 Å². The van der Waals surface area contributed by atoms with Gasteiger partial charge in [0.25, 0.3) is 0 Å². The highest BCUT2D eigenvalue weighted by molar-refractivity contribution is 5.74. The van der Waals surface area contributed by atoms with Crippen LogP contribution in [-0.2, 0) is 6.42 Å². The minimum absolute atomic E-state index is 1.17. The molecule has 0 atom stereocenters. The predicted octanol–water partition coefficient (Wildman–Crippen LogP) is 3.12. The average Bonchev–Trinajstić information content (AvgIpc) is 2.74. The fraction of sp³-hybridized carbons (Fsp3) is 0.429. The van der Waals surface area contributed by atoms with Crippen molar-refractivity contribution >= 4 is 5.57 Å². The molecule has 0 amide bonds. The number of hydrogen-bond acceptors (Lipinski definition) is 1. The number of benzene rings is 1. The van der Waals surface area contributed by atoms with Crippen LogP contribution in [0, 0.1) is 0 Å². The SMILES string of the molecule is c1ccc2c(c1)CC/C2=C1/CCCCN1. The fourth-order valence-electron chi connectivity index (χ4n) is 2.75. The number of allylic oxidation sites excluding steroid dienone is 2. The van der Waals surface area contributed by atoms with Crippen molar-refractivity contribution in [2.75, 3.05) is 6.54 Å². The van der Waals surface area contributed by atoms with E-state index in [9.17, 15) is 0 Å². The van der Waals surface area contributed by atoms with Gasteiger partial charge in [0.15, 0.2) is 0 Å². The molecule has 1 saturated heterocycles. The monoisotopic (exact) mass is 199 g/mol.